The molecule has 1 amide bonds. The van der Waals surface area contributed by atoms with E-state index in [4.69, 9.17) is 4.74 Å². The third-order valence-corrected chi connectivity index (χ3v) is 7.07. The summed E-state index contributed by atoms with van der Waals surface area (Å²) in [5, 5.41) is 3.80. The lowest BCUT2D eigenvalue weighted by Crippen LogP contribution is -2.74. The van der Waals surface area contributed by atoms with E-state index in [1.807, 2.05) is 18.2 Å². The fourth-order valence-electron chi connectivity index (χ4n) is 7.33. The van der Waals surface area contributed by atoms with Gasteiger partial charge in [0.05, 0.1) is 0 Å². The maximum atomic E-state index is 13.1. The molecule has 6 nitrogen and oxygen atoms in total. The fourth-order valence-corrected chi connectivity index (χ4v) is 7.33. The number of hydrogen-bond donors (Lipinski definition) is 1. The van der Waals surface area contributed by atoms with Gasteiger partial charge in [0.1, 0.15) is 0 Å². The Morgan fingerprint density at radius 3 is 2.00 bits per heavy atom. The number of allylic oxidation sites excluding steroid dienone is 2. The van der Waals surface area contributed by atoms with Crippen LogP contribution >= 0.6 is 0 Å². The van der Waals surface area contributed by atoms with E-state index in [1.54, 1.807) is 11.1 Å². The van der Waals surface area contributed by atoms with E-state index in [1.165, 1.54) is 6.92 Å². The summed E-state index contributed by atoms with van der Waals surface area (Å²) in [6.07, 6.45) is 10.9. The molecule has 0 unspecified atom stereocenters. The zero-order chi connectivity index (χ0) is 24.2. The van der Waals surface area contributed by atoms with Crippen LogP contribution in [0.5, 0.6) is 0 Å². The van der Waals surface area contributed by atoms with E-state index < -0.39 is 5.72 Å². The third-order valence-electron chi connectivity index (χ3n) is 7.07. The molecule has 3 rings (SSSR count). The SMILES string of the molecule is CC(=O)OC1(N2C=CC=CCC2=O)CC(C)(C)N(C2CC(C)(C)NC(C)(C)C2)C(C)(C)C1. The summed E-state index contributed by atoms with van der Waals surface area (Å²) >= 11 is 0. The number of esters is 1. The number of nitrogens with zero attached hydrogens (tertiary/aromatic N) is 2. The molecule has 0 saturated carbocycles. The summed E-state index contributed by atoms with van der Waals surface area (Å²) in [7, 11) is 0. The predicted octanol–water partition coefficient (Wildman–Crippen LogP) is 4.51. The van der Waals surface area contributed by atoms with Crippen molar-refractivity contribution in [1.29, 1.82) is 0 Å². The smallest absolute Gasteiger partial charge is 0.304 e. The molecule has 6 heteroatoms. The van der Waals surface area contributed by atoms with Crippen LogP contribution in [0.15, 0.2) is 24.4 Å². The maximum absolute atomic E-state index is 13.1. The largest absolute Gasteiger partial charge is 0.438 e. The van der Waals surface area contributed by atoms with Crippen molar-refractivity contribution in [3.05, 3.63) is 24.4 Å². The highest BCUT2D eigenvalue weighted by Gasteiger charge is 2.60. The van der Waals surface area contributed by atoms with Crippen molar-refractivity contribution in [3.8, 4) is 0 Å². The number of piperidine rings is 2. The summed E-state index contributed by atoms with van der Waals surface area (Å²) in [6, 6.07) is 0.374. The van der Waals surface area contributed by atoms with Gasteiger partial charge in [-0.05, 0) is 74.3 Å². The quantitative estimate of drug-likeness (QED) is 0.648. The minimum Gasteiger partial charge on any atom is -0.438 e. The van der Waals surface area contributed by atoms with E-state index in [-0.39, 0.29) is 34.0 Å². The minimum atomic E-state index is -1.01. The second-order valence-corrected chi connectivity index (χ2v) is 12.6. The topological polar surface area (TPSA) is 61.9 Å². The Morgan fingerprint density at radius 1 is 0.969 bits per heavy atom. The zero-order valence-electron chi connectivity index (χ0n) is 21.5. The first-order valence-electron chi connectivity index (χ1n) is 11.9. The highest BCUT2D eigenvalue weighted by atomic mass is 16.6. The van der Waals surface area contributed by atoms with E-state index in [0.717, 1.165) is 12.8 Å². The average molecular weight is 446 g/mol. The van der Waals surface area contributed by atoms with Crippen LogP contribution in [0.3, 0.4) is 0 Å². The van der Waals surface area contributed by atoms with Gasteiger partial charge in [-0.3, -0.25) is 19.4 Å². The van der Waals surface area contributed by atoms with Crippen molar-refractivity contribution in [2.24, 2.45) is 0 Å². The number of rotatable bonds is 3. The van der Waals surface area contributed by atoms with Crippen LogP contribution in [-0.2, 0) is 14.3 Å². The summed E-state index contributed by atoms with van der Waals surface area (Å²) < 4.78 is 6.08. The van der Waals surface area contributed by atoms with E-state index in [0.29, 0.717) is 25.3 Å². The number of nitrogens with one attached hydrogen (secondary N) is 1. The van der Waals surface area contributed by atoms with Gasteiger partial charge in [-0.15, -0.1) is 0 Å². The molecule has 0 radical (unpaired) electrons. The first-order chi connectivity index (χ1) is 14.5. The van der Waals surface area contributed by atoms with Crippen LogP contribution in [-0.4, -0.2) is 55.6 Å². The summed E-state index contributed by atoms with van der Waals surface area (Å²) in [5.74, 6) is -0.395. The fraction of sp³-hybridized carbons (Fsp3) is 0.769. The van der Waals surface area contributed by atoms with Gasteiger partial charge >= 0.3 is 5.97 Å². The van der Waals surface area contributed by atoms with E-state index >= 15 is 0 Å². The summed E-state index contributed by atoms with van der Waals surface area (Å²) in [5.41, 5.74) is -1.54. The van der Waals surface area contributed by atoms with E-state index in [2.05, 4.69) is 65.6 Å². The Balaban J connectivity index is 2.04. The van der Waals surface area contributed by atoms with Crippen LogP contribution < -0.4 is 5.32 Å². The molecule has 1 N–H and O–H groups in total. The van der Waals surface area contributed by atoms with Gasteiger partial charge in [-0.25, -0.2) is 0 Å². The van der Waals surface area contributed by atoms with Crippen LogP contribution in [0, 0.1) is 0 Å². The Hall–Kier alpha value is -1.66. The second kappa shape index (κ2) is 7.98. The van der Waals surface area contributed by atoms with Gasteiger partial charge in [-0.1, -0.05) is 12.2 Å². The lowest BCUT2D eigenvalue weighted by atomic mass is 9.69. The predicted molar refractivity (Wildman–Crippen MR) is 128 cm³/mol. The van der Waals surface area contributed by atoms with Crippen molar-refractivity contribution < 1.29 is 14.3 Å². The van der Waals surface area contributed by atoms with Gasteiger partial charge in [0.25, 0.3) is 0 Å². The van der Waals surface area contributed by atoms with Gasteiger partial charge < -0.3 is 10.1 Å². The summed E-state index contributed by atoms with van der Waals surface area (Å²) in [4.78, 5) is 29.7. The number of amides is 1. The van der Waals surface area contributed by atoms with Crippen LogP contribution in [0.4, 0.5) is 0 Å². The standard InChI is InChI=1S/C26H43N3O3/c1-19(30)32-26(28-14-12-10-11-13-21(28)31)17-24(6,7)29(25(8,9)18-26)20-15-22(2,3)27-23(4,5)16-20/h10-12,14,20,27H,13,15-18H2,1-9H3. The molecule has 2 saturated heterocycles. The van der Waals surface area contributed by atoms with E-state index in [9.17, 15) is 9.59 Å². The lowest BCUT2D eigenvalue weighted by molar-refractivity contribution is -0.227. The third kappa shape index (κ3) is 4.96. The molecule has 0 aliphatic carbocycles. The van der Waals surface area contributed by atoms with Crippen molar-refractivity contribution in [3.63, 3.8) is 0 Å². The van der Waals surface area contributed by atoms with Crippen LogP contribution in [0.2, 0.25) is 0 Å². The Kier molecular flexibility index (Phi) is 6.23. The molecule has 0 aromatic heterocycles. The van der Waals surface area contributed by atoms with Crippen LogP contribution in [0.25, 0.3) is 0 Å². The second-order valence-electron chi connectivity index (χ2n) is 12.6. The Bertz CT molecular complexity index is 788. The highest BCUT2D eigenvalue weighted by Crippen LogP contribution is 2.50. The number of carbonyl (C=O) groups is 2. The molecule has 180 valence electrons. The maximum Gasteiger partial charge on any atom is 0.304 e. The highest BCUT2D eigenvalue weighted by molar-refractivity contribution is 5.80. The molecule has 0 aromatic carbocycles. The molecular formula is C26H43N3O3. The number of hydrogen-bond acceptors (Lipinski definition) is 5. The van der Waals surface area contributed by atoms with Crippen molar-refractivity contribution in [1.82, 2.24) is 15.1 Å². The van der Waals surface area contributed by atoms with Gasteiger partial charge in [0, 0.05) is 60.6 Å². The van der Waals surface area contributed by atoms with Crippen molar-refractivity contribution in [2.75, 3.05) is 0 Å². The first kappa shape index (κ1) is 25.0. The van der Waals surface area contributed by atoms with Crippen molar-refractivity contribution in [2.45, 2.75) is 128 Å². The molecule has 0 aromatic rings. The Labute approximate surface area is 194 Å². The molecule has 32 heavy (non-hydrogen) atoms. The van der Waals surface area contributed by atoms with Crippen LogP contribution in [0.1, 0.15) is 94.4 Å². The minimum absolute atomic E-state index is 0.0259. The molecule has 3 aliphatic heterocycles. The molecule has 3 aliphatic rings. The molecular weight excluding hydrogens is 402 g/mol. The monoisotopic (exact) mass is 445 g/mol. The van der Waals surface area contributed by atoms with Gasteiger partial charge in [-0.2, -0.15) is 0 Å². The van der Waals surface area contributed by atoms with Crippen molar-refractivity contribution >= 4 is 11.9 Å². The normalized spacial score (nSPS) is 28.9. The summed E-state index contributed by atoms with van der Waals surface area (Å²) in [6.45, 7) is 19.5. The number of carbonyl (C=O) groups excluding carboxylic acids is 2. The molecule has 0 bridgehead atoms. The molecule has 2 fully saturated rings. The number of likely N-dealkylation sites (tertiary alicyclic amines) is 1. The number of ether oxygens (including phenoxy) is 1. The lowest BCUT2D eigenvalue weighted by Gasteiger charge is -2.64. The average Bonchev–Trinajstić information content (AvgIpc) is 2.73. The molecule has 3 heterocycles. The molecule has 0 atom stereocenters. The van der Waals surface area contributed by atoms with Gasteiger partial charge in [0.2, 0.25) is 5.91 Å². The molecule has 0 spiro atoms. The Morgan fingerprint density at radius 2 is 1.50 bits per heavy atom. The van der Waals surface area contributed by atoms with Gasteiger partial charge in [0.15, 0.2) is 5.72 Å². The zero-order valence-corrected chi connectivity index (χ0v) is 21.5. The first-order valence-corrected chi connectivity index (χ1v) is 11.9.